The Morgan fingerprint density at radius 1 is 0.220 bits per heavy atom. The van der Waals surface area contributed by atoms with Gasteiger partial charge in [0.1, 0.15) is 0 Å². The van der Waals surface area contributed by atoms with Gasteiger partial charge in [-0.1, -0.05) is 194 Å². The summed E-state index contributed by atoms with van der Waals surface area (Å²) >= 11 is 0. The van der Waals surface area contributed by atoms with Crippen molar-refractivity contribution in [1.82, 2.24) is 0 Å². The quantitative estimate of drug-likeness (QED) is 0.147. The summed E-state index contributed by atoms with van der Waals surface area (Å²) in [6.45, 7) is 0. The monoisotopic (exact) mass is 749 g/mol. The summed E-state index contributed by atoms with van der Waals surface area (Å²) in [6, 6.07) is 86.1. The SMILES string of the molecule is c1ccc(-c2cccc(-c3ccc(N(c4ccc(-c5cccc6c5ccc5ccc7ccc8ccccc8c7c56)cc4)c4cccc(-c5ccccc5)c4)cc3)c2)cc1. The number of rotatable bonds is 7. The minimum atomic E-state index is 1.10. The van der Waals surface area contributed by atoms with Crippen LogP contribution in [-0.2, 0) is 0 Å². The highest BCUT2D eigenvalue weighted by molar-refractivity contribution is 6.28. The summed E-state index contributed by atoms with van der Waals surface area (Å²) in [4.78, 5) is 2.37. The zero-order chi connectivity index (χ0) is 39.1. The third kappa shape index (κ3) is 6.30. The van der Waals surface area contributed by atoms with Crippen molar-refractivity contribution in [1.29, 1.82) is 0 Å². The molecule has 0 aliphatic carbocycles. The lowest BCUT2D eigenvalue weighted by atomic mass is 9.90. The highest BCUT2D eigenvalue weighted by Gasteiger charge is 2.16. The summed E-state index contributed by atoms with van der Waals surface area (Å²) in [5, 5.41) is 10.3. The largest absolute Gasteiger partial charge is 0.310 e. The van der Waals surface area contributed by atoms with Crippen molar-refractivity contribution in [3.8, 4) is 44.5 Å². The lowest BCUT2D eigenvalue weighted by molar-refractivity contribution is 1.28. The van der Waals surface area contributed by atoms with Gasteiger partial charge < -0.3 is 4.90 Å². The van der Waals surface area contributed by atoms with E-state index in [9.17, 15) is 0 Å². The standard InChI is InChI=1S/C58H39N/c1-3-12-40(13-4-1)47-17-9-18-48(38-47)42-28-33-50(34-29-42)59(52-20-10-19-49(39-52)41-14-5-2-6-15-41)51-35-30-44(31-36-51)53-22-11-23-56-55(53)37-32-46-27-26-45-25-24-43-16-7-8-21-54(43)57(45)58(46)56/h1-39H. The molecule has 0 saturated carbocycles. The molecule has 0 aromatic heterocycles. The number of nitrogens with zero attached hydrogens (tertiary/aromatic N) is 1. The van der Waals surface area contributed by atoms with Crippen molar-refractivity contribution in [2.24, 2.45) is 0 Å². The van der Waals surface area contributed by atoms with E-state index >= 15 is 0 Å². The number of fused-ring (bicyclic) bond motifs is 7. The summed E-state index contributed by atoms with van der Waals surface area (Å²) in [5.41, 5.74) is 12.9. The van der Waals surface area contributed by atoms with Gasteiger partial charge in [-0.2, -0.15) is 0 Å². The summed E-state index contributed by atoms with van der Waals surface area (Å²) in [5.74, 6) is 0. The second kappa shape index (κ2) is 14.6. The van der Waals surface area contributed by atoms with E-state index in [1.54, 1.807) is 0 Å². The normalized spacial score (nSPS) is 11.4. The van der Waals surface area contributed by atoms with E-state index < -0.39 is 0 Å². The first-order chi connectivity index (χ1) is 29.2. The predicted octanol–water partition coefficient (Wildman–Crippen LogP) is 16.4. The fourth-order valence-electron chi connectivity index (χ4n) is 8.93. The number of hydrogen-bond acceptors (Lipinski definition) is 1. The average molecular weight is 750 g/mol. The Morgan fingerprint density at radius 3 is 1.34 bits per heavy atom. The van der Waals surface area contributed by atoms with Gasteiger partial charge >= 0.3 is 0 Å². The van der Waals surface area contributed by atoms with Gasteiger partial charge in [0.15, 0.2) is 0 Å². The molecule has 1 heteroatoms. The third-order valence-corrected chi connectivity index (χ3v) is 11.8. The maximum Gasteiger partial charge on any atom is 0.0467 e. The maximum atomic E-state index is 2.37. The van der Waals surface area contributed by atoms with Gasteiger partial charge in [-0.15, -0.1) is 0 Å². The third-order valence-electron chi connectivity index (χ3n) is 11.8. The summed E-state index contributed by atoms with van der Waals surface area (Å²) < 4.78 is 0. The number of anilines is 3. The van der Waals surface area contributed by atoms with Crippen molar-refractivity contribution in [2.75, 3.05) is 4.90 Å². The Morgan fingerprint density at radius 2 is 0.678 bits per heavy atom. The highest BCUT2D eigenvalue weighted by atomic mass is 15.1. The molecule has 0 fully saturated rings. The molecule has 0 unspecified atom stereocenters. The van der Waals surface area contributed by atoms with Gasteiger partial charge in [0.2, 0.25) is 0 Å². The minimum absolute atomic E-state index is 1.10. The van der Waals surface area contributed by atoms with Crippen LogP contribution in [0.2, 0.25) is 0 Å². The average Bonchev–Trinajstić information content (AvgIpc) is 3.32. The van der Waals surface area contributed by atoms with Crippen LogP contribution in [0.15, 0.2) is 237 Å². The zero-order valence-electron chi connectivity index (χ0n) is 32.5. The first kappa shape index (κ1) is 34.5. The molecule has 0 bridgehead atoms. The van der Waals surface area contributed by atoms with Gasteiger partial charge in [-0.05, 0) is 130 Å². The zero-order valence-corrected chi connectivity index (χ0v) is 32.5. The Balaban J connectivity index is 1.01. The Bertz CT molecular complexity index is 3290. The second-order valence-corrected chi connectivity index (χ2v) is 15.3. The number of hydrogen-bond donors (Lipinski definition) is 0. The molecule has 0 N–H and O–H groups in total. The Hall–Kier alpha value is -7.74. The molecule has 0 radical (unpaired) electrons. The van der Waals surface area contributed by atoms with Crippen LogP contribution in [0.25, 0.3) is 87.6 Å². The second-order valence-electron chi connectivity index (χ2n) is 15.3. The van der Waals surface area contributed by atoms with Crippen molar-refractivity contribution < 1.29 is 0 Å². The van der Waals surface area contributed by atoms with E-state index in [4.69, 9.17) is 0 Å². The maximum absolute atomic E-state index is 2.37. The van der Waals surface area contributed by atoms with Crippen LogP contribution in [0.5, 0.6) is 0 Å². The van der Waals surface area contributed by atoms with E-state index in [1.165, 1.54) is 87.6 Å². The van der Waals surface area contributed by atoms with Crippen LogP contribution >= 0.6 is 0 Å². The molecule has 276 valence electrons. The van der Waals surface area contributed by atoms with E-state index in [0.29, 0.717) is 0 Å². The predicted molar refractivity (Wildman–Crippen MR) is 253 cm³/mol. The lowest BCUT2D eigenvalue weighted by Gasteiger charge is -2.26. The van der Waals surface area contributed by atoms with E-state index in [2.05, 4.69) is 241 Å². The Labute approximate surface area is 344 Å². The molecule has 0 atom stereocenters. The fraction of sp³-hybridized carbons (Fsp3) is 0. The molecule has 0 amide bonds. The minimum Gasteiger partial charge on any atom is -0.310 e. The van der Waals surface area contributed by atoms with Crippen LogP contribution in [0.4, 0.5) is 17.1 Å². The van der Waals surface area contributed by atoms with Crippen LogP contribution in [-0.4, -0.2) is 0 Å². The molecule has 0 spiro atoms. The van der Waals surface area contributed by atoms with Crippen LogP contribution in [0, 0.1) is 0 Å². The van der Waals surface area contributed by atoms with Crippen molar-refractivity contribution in [3.63, 3.8) is 0 Å². The summed E-state index contributed by atoms with van der Waals surface area (Å²) in [6.07, 6.45) is 0. The van der Waals surface area contributed by atoms with Gasteiger partial charge in [0.25, 0.3) is 0 Å². The van der Waals surface area contributed by atoms with Crippen LogP contribution < -0.4 is 4.90 Å². The molecule has 0 saturated heterocycles. The molecule has 0 aliphatic rings. The fourth-order valence-corrected chi connectivity index (χ4v) is 8.93. The molecule has 0 heterocycles. The van der Waals surface area contributed by atoms with Gasteiger partial charge in [-0.25, -0.2) is 0 Å². The van der Waals surface area contributed by atoms with E-state index in [0.717, 1.165) is 17.1 Å². The Kier molecular flexibility index (Phi) is 8.56. The van der Waals surface area contributed by atoms with E-state index in [1.807, 2.05) is 0 Å². The first-order valence-corrected chi connectivity index (χ1v) is 20.3. The number of benzene rings is 11. The van der Waals surface area contributed by atoms with Gasteiger partial charge in [0.05, 0.1) is 0 Å². The van der Waals surface area contributed by atoms with Gasteiger partial charge in [0, 0.05) is 17.1 Å². The van der Waals surface area contributed by atoms with Crippen LogP contribution in [0.3, 0.4) is 0 Å². The molecular formula is C58H39N. The molecule has 0 aliphatic heterocycles. The van der Waals surface area contributed by atoms with Crippen LogP contribution in [0.1, 0.15) is 0 Å². The van der Waals surface area contributed by atoms with E-state index in [-0.39, 0.29) is 0 Å². The first-order valence-electron chi connectivity index (χ1n) is 20.3. The van der Waals surface area contributed by atoms with Gasteiger partial charge in [-0.3, -0.25) is 0 Å². The smallest absolute Gasteiger partial charge is 0.0467 e. The van der Waals surface area contributed by atoms with Crippen molar-refractivity contribution >= 4 is 60.2 Å². The molecule has 59 heavy (non-hydrogen) atoms. The van der Waals surface area contributed by atoms with Crippen molar-refractivity contribution in [2.45, 2.75) is 0 Å². The molecule has 11 aromatic rings. The highest BCUT2D eigenvalue weighted by Crippen LogP contribution is 2.42. The topological polar surface area (TPSA) is 3.24 Å². The molecular weight excluding hydrogens is 711 g/mol. The molecule has 11 rings (SSSR count). The molecule has 11 aromatic carbocycles. The molecule has 1 nitrogen and oxygen atoms in total. The lowest BCUT2D eigenvalue weighted by Crippen LogP contribution is -2.10. The van der Waals surface area contributed by atoms with Crippen molar-refractivity contribution in [3.05, 3.63) is 237 Å². The summed E-state index contributed by atoms with van der Waals surface area (Å²) in [7, 11) is 0.